The number of rotatable bonds is 2. The van der Waals surface area contributed by atoms with Gasteiger partial charge in [0.1, 0.15) is 0 Å². The average Bonchev–Trinajstić information content (AvgIpc) is 3.58. The van der Waals surface area contributed by atoms with Gasteiger partial charge in [0.15, 0.2) is 0 Å². The molecule has 1 spiro atoms. The van der Waals surface area contributed by atoms with Gasteiger partial charge in [0.25, 0.3) is 0 Å². The van der Waals surface area contributed by atoms with Crippen molar-refractivity contribution in [2.45, 2.75) is 111 Å². The molecule has 2 saturated carbocycles. The molecule has 0 aromatic heterocycles. The van der Waals surface area contributed by atoms with Crippen LogP contribution in [0.3, 0.4) is 0 Å². The van der Waals surface area contributed by atoms with Gasteiger partial charge in [-0.05, 0) is 0 Å². The molecule has 0 aromatic rings. The summed E-state index contributed by atoms with van der Waals surface area (Å²) in [6.07, 6.45) is 16.4. The second-order valence-electron chi connectivity index (χ2n) is 14.7. The maximum atomic E-state index is 3.83. The molecule has 0 bridgehead atoms. The summed E-state index contributed by atoms with van der Waals surface area (Å²) in [6, 6.07) is 0. The van der Waals surface area contributed by atoms with Crippen LogP contribution < -0.4 is 0 Å². The second kappa shape index (κ2) is 1.24. The first-order valence-electron chi connectivity index (χ1n) is 11.5. The van der Waals surface area contributed by atoms with E-state index in [0.29, 0.717) is 0 Å². The van der Waals surface area contributed by atoms with Crippen LogP contribution in [0.15, 0.2) is 0 Å². The Bertz CT molecular complexity index is 1190. The van der Waals surface area contributed by atoms with Crippen LogP contribution in [0.4, 0.5) is 0 Å². The van der Waals surface area contributed by atoms with Gasteiger partial charge < -0.3 is 0 Å². The maximum absolute atomic E-state index is 3.83. The van der Waals surface area contributed by atoms with Gasteiger partial charge in [0.05, 0.1) is 0 Å². The molecular formula is C22H31FeP. The summed E-state index contributed by atoms with van der Waals surface area (Å²) in [5.41, 5.74) is 0. The fraction of sp³-hybridized carbons (Fsp3) is 1.00. The van der Waals surface area contributed by atoms with Crippen LogP contribution in [-0.2, 0) is 6.51 Å². The van der Waals surface area contributed by atoms with Gasteiger partial charge in [-0.2, -0.15) is 0 Å². The SMILES string of the molecule is P[C]12[CH]3[CH]4[C]5(C6CCCCC6)[C]1(C1CCCCC1)[Fe]34251678[CH]2[CH]1[CH]6[CH]7[CH]28. The summed E-state index contributed by atoms with van der Waals surface area (Å²) in [6.45, 7) is -3.24. The van der Waals surface area contributed by atoms with E-state index in [1.807, 2.05) is 0 Å². The summed E-state index contributed by atoms with van der Waals surface area (Å²) in [5.74, 6) is 2.55. The van der Waals surface area contributed by atoms with Crippen molar-refractivity contribution in [1.82, 2.24) is 0 Å². The molecular weight excluding hydrogens is 351 g/mol. The Morgan fingerprint density at radius 3 is 1.58 bits per heavy atom. The Hall–Kier alpha value is 0.949. The van der Waals surface area contributed by atoms with Gasteiger partial charge in [0, 0.05) is 0 Å². The van der Waals surface area contributed by atoms with Gasteiger partial charge in [-0.1, -0.05) is 0 Å². The van der Waals surface area contributed by atoms with Crippen LogP contribution in [0.1, 0.15) is 64.2 Å². The zero-order valence-corrected chi connectivity index (χ0v) is 17.0. The van der Waals surface area contributed by atoms with Gasteiger partial charge >= 0.3 is 138 Å². The van der Waals surface area contributed by atoms with E-state index < -0.39 is 6.51 Å². The monoisotopic (exact) mass is 382 g/mol. The molecule has 0 nitrogen and oxygen atoms in total. The Labute approximate surface area is 138 Å². The molecule has 12 fully saturated rings. The first-order chi connectivity index (χ1) is 11.5. The molecule has 2 heteroatoms. The number of hydrogen-bond acceptors (Lipinski definition) is 0. The molecule has 0 aromatic carbocycles. The molecule has 10 saturated heterocycles. The predicted octanol–water partition coefficient (Wildman–Crippen LogP) is 7.06. The third kappa shape index (κ3) is 0.152. The normalized spacial score (nSPS) is 103. The van der Waals surface area contributed by atoms with Crippen molar-refractivity contribution in [3.63, 3.8) is 0 Å². The molecule has 10 aliphatic heterocycles. The van der Waals surface area contributed by atoms with Crippen molar-refractivity contribution in [1.29, 1.82) is 0 Å². The van der Waals surface area contributed by atoms with E-state index in [9.17, 15) is 0 Å². The first-order valence-corrected chi connectivity index (χ1v) is 18.2. The van der Waals surface area contributed by atoms with E-state index in [0.717, 1.165) is 12.7 Å². The van der Waals surface area contributed by atoms with Crippen LogP contribution in [0.2, 0.25) is 42.3 Å². The minimum atomic E-state index is -3.24. The Balaban J connectivity index is 1.32. The van der Waals surface area contributed by atoms with Crippen LogP contribution in [0.5, 0.6) is 0 Å². The van der Waals surface area contributed by atoms with Crippen molar-refractivity contribution in [3.05, 3.63) is 0 Å². The fourth-order valence-corrected chi connectivity index (χ4v) is 113. The van der Waals surface area contributed by atoms with Gasteiger partial charge in [-0.25, -0.2) is 0 Å². The molecule has 6 unspecified atom stereocenters. The summed E-state index contributed by atoms with van der Waals surface area (Å²) < 4.78 is 3.30. The molecule has 2 aliphatic carbocycles. The van der Waals surface area contributed by atoms with Gasteiger partial charge in [-0.15, -0.1) is 0 Å². The Morgan fingerprint density at radius 2 is 1.12 bits per heavy atom. The standard InChI is InChI=1S/C17H26P.C5H5.Fe/c18-16-12-11-15(13-7-3-1-4-8-13)17(16)14-9-5-2-6-10-14;1-2-4-5-3-1;/h11-14H,1-10,18H2;1-5H;. The molecule has 0 N–H and O–H groups in total. The van der Waals surface area contributed by atoms with Crippen molar-refractivity contribution in [3.8, 4) is 0 Å². The molecule has 0 amide bonds. The topological polar surface area (TPSA) is 0 Å². The summed E-state index contributed by atoms with van der Waals surface area (Å²) in [5, 5.41) is 0. The molecule has 10 heterocycles. The number of fused-ring (bicyclic) bond motifs is 10. The van der Waals surface area contributed by atoms with Crippen molar-refractivity contribution in [2.24, 2.45) is 11.8 Å². The third-order valence-corrected chi connectivity index (χ3v) is 69.4. The fourth-order valence-electron chi connectivity index (χ4n) is 22.9. The van der Waals surface area contributed by atoms with Crippen LogP contribution in [-0.4, -0.2) is 4.05 Å². The summed E-state index contributed by atoms with van der Waals surface area (Å²) in [4.78, 5) is 10.5. The molecule has 132 valence electrons. The van der Waals surface area contributed by atoms with E-state index >= 15 is 0 Å². The van der Waals surface area contributed by atoms with Crippen molar-refractivity contribution < 1.29 is 6.51 Å². The molecule has 12 rings (SSSR count). The molecule has 24 heavy (non-hydrogen) atoms. The van der Waals surface area contributed by atoms with Crippen LogP contribution in [0.25, 0.3) is 0 Å². The van der Waals surface area contributed by atoms with Gasteiger partial charge in [0.2, 0.25) is 0 Å². The van der Waals surface area contributed by atoms with E-state index in [1.165, 1.54) is 45.6 Å². The molecule has 6 atom stereocenters. The Kier molecular flexibility index (Phi) is 0.571. The molecule has 0 radical (unpaired) electrons. The summed E-state index contributed by atoms with van der Waals surface area (Å²) >= 11 is 0. The van der Waals surface area contributed by atoms with Crippen molar-refractivity contribution >= 4 is 9.24 Å². The van der Waals surface area contributed by atoms with E-state index in [4.69, 9.17) is 0 Å². The average molecular weight is 382 g/mol. The third-order valence-electron chi connectivity index (χ3n) is 19.8. The zero-order valence-electron chi connectivity index (χ0n) is 14.7. The minimum absolute atomic E-state index is 1.03. The first kappa shape index (κ1) is 11.1. The predicted molar refractivity (Wildman–Crippen MR) is 97.2 cm³/mol. The van der Waals surface area contributed by atoms with E-state index in [-0.39, 0.29) is 0 Å². The quantitative estimate of drug-likeness (QED) is 0.354. The number of hydrogen-bond donors (Lipinski definition) is 0. The van der Waals surface area contributed by atoms with Gasteiger partial charge in [-0.3, -0.25) is 0 Å². The zero-order chi connectivity index (χ0) is 15.1. The second-order valence-corrected chi connectivity index (χ2v) is 39.1. The van der Waals surface area contributed by atoms with E-state index in [1.54, 1.807) is 64.2 Å². The Morgan fingerprint density at radius 1 is 0.625 bits per heavy atom. The van der Waals surface area contributed by atoms with Crippen molar-refractivity contribution in [2.75, 3.05) is 0 Å². The molecule has 12 aliphatic rings. The van der Waals surface area contributed by atoms with Crippen LogP contribution in [0, 0.1) is 11.8 Å². The van der Waals surface area contributed by atoms with Crippen LogP contribution >= 0.6 is 9.24 Å². The van der Waals surface area contributed by atoms with E-state index in [2.05, 4.69) is 9.24 Å². The summed E-state index contributed by atoms with van der Waals surface area (Å²) in [7, 11) is 3.83.